The molecular weight excluding hydrogens is 254 g/mol. The van der Waals surface area contributed by atoms with Crippen molar-refractivity contribution in [2.75, 3.05) is 18.0 Å². The number of aliphatic hydroxyl groups is 2. The van der Waals surface area contributed by atoms with Gasteiger partial charge in [0.25, 0.3) is 0 Å². The number of benzene rings is 1. The summed E-state index contributed by atoms with van der Waals surface area (Å²) in [5.74, 6) is 0.219. The van der Waals surface area contributed by atoms with E-state index in [2.05, 4.69) is 0 Å². The second kappa shape index (κ2) is 8.82. The van der Waals surface area contributed by atoms with E-state index in [0.29, 0.717) is 13.1 Å². The van der Waals surface area contributed by atoms with Gasteiger partial charge in [-0.1, -0.05) is 26.7 Å². The molecule has 3 N–H and O–H groups in total. The molecule has 114 valence electrons. The lowest BCUT2D eigenvalue weighted by Gasteiger charge is -2.29. The minimum Gasteiger partial charge on any atom is -0.508 e. The van der Waals surface area contributed by atoms with Crippen molar-refractivity contribution in [2.45, 2.75) is 51.7 Å². The molecular formula is C16H27NO3. The van der Waals surface area contributed by atoms with Crippen molar-refractivity contribution in [3.05, 3.63) is 24.3 Å². The second-order valence-corrected chi connectivity index (χ2v) is 5.31. The van der Waals surface area contributed by atoms with Crippen LogP contribution in [0.4, 0.5) is 5.69 Å². The number of anilines is 1. The van der Waals surface area contributed by atoms with Gasteiger partial charge in [-0.3, -0.25) is 0 Å². The van der Waals surface area contributed by atoms with Gasteiger partial charge in [0.15, 0.2) is 0 Å². The lowest BCUT2D eigenvalue weighted by Crippen LogP contribution is -2.38. The number of hydrogen-bond donors (Lipinski definition) is 3. The summed E-state index contributed by atoms with van der Waals surface area (Å²) in [5.41, 5.74) is 0.910. The van der Waals surface area contributed by atoms with Crippen LogP contribution in [0.25, 0.3) is 0 Å². The molecule has 1 aromatic carbocycles. The van der Waals surface area contributed by atoms with Gasteiger partial charge in [-0.2, -0.15) is 0 Å². The third kappa shape index (κ3) is 5.80. The molecule has 0 aliphatic heterocycles. The predicted molar refractivity (Wildman–Crippen MR) is 82.1 cm³/mol. The van der Waals surface area contributed by atoms with Crippen molar-refractivity contribution in [1.82, 2.24) is 0 Å². The number of phenolic OH excluding ortho intramolecular Hbond substituents is 1. The third-order valence-corrected chi connectivity index (χ3v) is 3.32. The average molecular weight is 281 g/mol. The smallest absolute Gasteiger partial charge is 0.115 e. The van der Waals surface area contributed by atoms with E-state index in [0.717, 1.165) is 31.4 Å². The molecule has 1 aromatic rings. The zero-order chi connectivity index (χ0) is 15.0. The molecule has 0 saturated heterocycles. The Kier molecular flexibility index (Phi) is 7.41. The number of aromatic hydroxyl groups is 1. The predicted octanol–water partition coefficient (Wildman–Crippen LogP) is 2.52. The van der Waals surface area contributed by atoms with Crippen LogP contribution in [-0.2, 0) is 0 Å². The number of rotatable bonds is 9. The van der Waals surface area contributed by atoms with Crippen LogP contribution >= 0.6 is 0 Å². The monoisotopic (exact) mass is 281 g/mol. The van der Waals surface area contributed by atoms with Gasteiger partial charge in [0.05, 0.1) is 12.2 Å². The Morgan fingerprint density at radius 3 is 1.75 bits per heavy atom. The Bertz CT molecular complexity index is 352. The van der Waals surface area contributed by atoms with E-state index in [-0.39, 0.29) is 5.75 Å². The molecule has 2 atom stereocenters. The molecule has 2 unspecified atom stereocenters. The second-order valence-electron chi connectivity index (χ2n) is 5.31. The van der Waals surface area contributed by atoms with Gasteiger partial charge in [-0.05, 0) is 37.1 Å². The minimum atomic E-state index is -0.400. The van der Waals surface area contributed by atoms with Crippen molar-refractivity contribution in [3.8, 4) is 5.75 Å². The standard InChI is InChI=1S/C16H27NO3/c1-3-5-15(19)11-17(12-16(20)6-4-2)13-7-9-14(18)10-8-13/h7-10,15-16,18-20H,3-6,11-12H2,1-2H3. The van der Waals surface area contributed by atoms with E-state index in [1.807, 2.05) is 30.9 Å². The Morgan fingerprint density at radius 2 is 1.35 bits per heavy atom. The van der Waals surface area contributed by atoms with Crippen molar-refractivity contribution in [3.63, 3.8) is 0 Å². The van der Waals surface area contributed by atoms with Gasteiger partial charge in [0, 0.05) is 18.8 Å². The summed E-state index contributed by atoms with van der Waals surface area (Å²) in [6.07, 6.45) is 2.56. The molecule has 0 bridgehead atoms. The van der Waals surface area contributed by atoms with Gasteiger partial charge >= 0.3 is 0 Å². The van der Waals surface area contributed by atoms with E-state index in [1.165, 1.54) is 0 Å². The molecule has 0 fully saturated rings. The molecule has 4 heteroatoms. The van der Waals surface area contributed by atoms with Gasteiger partial charge < -0.3 is 20.2 Å². The highest BCUT2D eigenvalue weighted by Gasteiger charge is 2.15. The highest BCUT2D eigenvalue weighted by Crippen LogP contribution is 2.20. The summed E-state index contributed by atoms with van der Waals surface area (Å²) >= 11 is 0. The zero-order valence-corrected chi connectivity index (χ0v) is 12.5. The van der Waals surface area contributed by atoms with Gasteiger partial charge in [-0.25, -0.2) is 0 Å². The normalized spacial score (nSPS) is 14.0. The first-order valence-corrected chi connectivity index (χ1v) is 7.46. The first-order valence-electron chi connectivity index (χ1n) is 7.46. The molecule has 0 aromatic heterocycles. The minimum absolute atomic E-state index is 0.219. The lowest BCUT2D eigenvalue weighted by atomic mass is 10.1. The zero-order valence-electron chi connectivity index (χ0n) is 12.5. The van der Waals surface area contributed by atoms with Crippen LogP contribution in [0.2, 0.25) is 0 Å². The quantitative estimate of drug-likeness (QED) is 0.651. The van der Waals surface area contributed by atoms with E-state index in [9.17, 15) is 15.3 Å². The highest BCUT2D eigenvalue weighted by molar-refractivity contribution is 5.49. The Morgan fingerprint density at radius 1 is 0.900 bits per heavy atom. The molecule has 4 nitrogen and oxygen atoms in total. The molecule has 0 spiro atoms. The van der Waals surface area contributed by atoms with E-state index >= 15 is 0 Å². The fourth-order valence-corrected chi connectivity index (χ4v) is 2.31. The van der Waals surface area contributed by atoms with Gasteiger partial charge in [-0.15, -0.1) is 0 Å². The largest absolute Gasteiger partial charge is 0.508 e. The van der Waals surface area contributed by atoms with Gasteiger partial charge in [0.2, 0.25) is 0 Å². The SMILES string of the molecule is CCCC(O)CN(CC(O)CCC)c1ccc(O)cc1. The topological polar surface area (TPSA) is 63.9 Å². The summed E-state index contributed by atoms with van der Waals surface area (Å²) in [4.78, 5) is 1.99. The number of hydrogen-bond acceptors (Lipinski definition) is 4. The van der Waals surface area contributed by atoms with Crippen LogP contribution in [0.3, 0.4) is 0 Å². The number of nitrogens with zero attached hydrogens (tertiary/aromatic N) is 1. The molecule has 0 saturated carbocycles. The maximum absolute atomic E-state index is 10.0. The molecule has 0 aliphatic carbocycles. The van der Waals surface area contributed by atoms with Crippen LogP contribution in [0.15, 0.2) is 24.3 Å². The van der Waals surface area contributed by atoms with Crippen LogP contribution in [0, 0.1) is 0 Å². The fourth-order valence-electron chi connectivity index (χ4n) is 2.31. The first kappa shape index (κ1) is 16.8. The Labute approximate surface area is 121 Å². The molecule has 0 amide bonds. The molecule has 1 rings (SSSR count). The summed E-state index contributed by atoms with van der Waals surface area (Å²) in [7, 11) is 0. The fraction of sp³-hybridized carbons (Fsp3) is 0.625. The van der Waals surface area contributed by atoms with Crippen LogP contribution < -0.4 is 4.90 Å². The number of phenols is 1. The first-order chi connectivity index (χ1) is 9.56. The molecule has 0 aliphatic rings. The van der Waals surface area contributed by atoms with E-state index in [1.54, 1.807) is 12.1 Å². The van der Waals surface area contributed by atoms with Crippen LogP contribution in [0.5, 0.6) is 5.75 Å². The summed E-state index contributed by atoms with van der Waals surface area (Å²) in [6.45, 7) is 5.08. The Hall–Kier alpha value is -1.26. The Balaban J connectivity index is 2.74. The van der Waals surface area contributed by atoms with Gasteiger partial charge in [0.1, 0.15) is 5.75 Å². The van der Waals surface area contributed by atoms with E-state index in [4.69, 9.17) is 0 Å². The van der Waals surface area contributed by atoms with Crippen molar-refractivity contribution >= 4 is 5.69 Å². The average Bonchev–Trinajstić information content (AvgIpc) is 2.39. The summed E-state index contributed by atoms with van der Waals surface area (Å²) in [6, 6.07) is 6.88. The van der Waals surface area contributed by atoms with Crippen molar-refractivity contribution < 1.29 is 15.3 Å². The van der Waals surface area contributed by atoms with E-state index < -0.39 is 12.2 Å². The molecule has 0 radical (unpaired) electrons. The summed E-state index contributed by atoms with van der Waals surface area (Å²) in [5, 5.41) is 29.4. The maximum atomic E-state index is 10.0. The van der Waals surface area contributed by atoms with Crippen LogP contribution in [0.1, 0.15) is 39.5 Å². The maximum Gasteiger partial charge on any atom is 0.115 e. The molecule has 20 heavy (non-hydrogen) atoms. The van der Waals surface area contributed by atoms with Crippen molar-refractivity contribution in [1.29, 1.82) is 0 Å². The summed E-state index contributed by atoms with van der Waals surface area (Å²) < 4.78 is 0. The lowest BCUT2D eigenvalue weighted by molar-refractivity contribution is 0.147. The third-order valence-electron chi connectivity index (χ3n) is 3.32. The van der Waals surface area contributed by atoms with Crippen molar-refractivity contribution in [2.24, 2.45) is 0 Å². The molecule has 0 heterocycles. The number of aliphatic hydroxyl groups excluding tert-OH is 2. The highest BCUT2D eigenvalue weighted by atomic mass is 16.3. The van der Waals surface area contributed by atoms with Crippen LogP contribution in [-0.4, -0.2) is 40.6 Å².